The summed E-state index contributed by atoms with van der Waals surface area (Å²) in [4.78, 5) is 14.1. The molecule has 3 aromatic carbocycles. The van der Waals surface area contributed by atoms with Gasteiger partial charge >= 0.3 is 5.97 Å². The Morgan fingerprint density at radius 1 is 1.08 bits per heavy atom. The molecule has 0 saturated carbocycles. The molecule has 7 heteroatoms. The standard InChI is InChI=1S/C30H34ClNO4.ClH/c1-2-35-30(34)21-36-28-15-14-23-10-7-13-27(17-25(23)18-28)32(19-22-8-4-3-5-9-22)20-29(33)24-11-6-12-26(31)16-24;/h3-6,8-9,11-12,14-16,18,27,29,33H,2,7,10,13,17,19-21H2,1H3;1H/t27-,29-;/m0./s1. The molecular formula is C30H35Cl2NO4. The first-order valence-electron chi connectivity index (χ1n) is 12.6. The summed E-state index contributed by atoms with van der Waals surface area (Å²) in [7, 11) is 0. The van der Waals surface area contributed by atoms with Gasteiger partial charge < -0.3 is 14.6 Å². The zero-order valence-corrected chi connectivity index (χ0v) is 22.7. The molecule has 0 aliphatic heterocycles. The summed E-state index contributed by atoms with van der Waals surface area (Å²) in [6.45, 7) is 3.28. The average molecular weight is 545 g/mol. The number of hydrogen-bond acceptors (Lipinski definition) is 5. The van der Waals surface area contributed by atoms with Gasteiger partial charge in [0.15, 0.2) is 6.61 Å². The molecule has 4 rings (SSSR count). The monoisotopic (exact) mass is 543 g/mol. The molecule has 0 bridgehead atoms. The second-order valence-corrected chi connectivity index (χ2v) is 9.70. The molecule has 0 fully saturated rings. The fraction of sp³-hybridized carbons (Fsp3) is 0.367. The molecule has 37 heavy (non-hydrogen) atoms. The number of aliphatic hydroxyl groups is 1. The van der Waals surface area contributed by atoms with Gasteiger partial charge in [-0.3, -0.25) is 4.90 Å². The molecule has 2 atom stereocenters. The number of carbonyl (C=O) groups excluding carboxylic acids is 1. The Kier molecular flexibility index (Phi) is 11.3. The van der Waals surface area contributed by atoms with Crippen LogP contribution in [0.25, 0.3) is 0 Å². The Hall–Kier alpha value is -2.57. The van der Waals surface area contributed by atoms with Crippen LogP contribution in [0.4, 0.5) is 0 Å². The largest absolute Gasteiger partial charge is 0.482 e. The van der Waals surface area contributed by atoms with Gasteiger partial charge in [-0.15, -0.1) is 12.4 Å². The smallest absolute Gasteiger partial charge is 0.344 e. The minimum absolute atomic E-state index is 0. The number of carbonyl (C=O) groups is 1. The van der Waals surface area contributed by atoms with Gasteiger partial charge in [-0.25, -0.2) is 4.79 Å². The summed E-state index contributed by atoms with van der Waals surface area (Å²) in [6, 6.07) is 24.2. The Balaban J connectivity index is 0.00000380. The molecule has 0 spiro atoms. The van der Waals surface area contributed by atoms with Gasteiger partial charge in [0.2, 0.25) is 0 Å². The maximum atomic E-state index is 11.7. The zero-order valence-electron chi connectivity index (χ0n) is 21.1. The molecule has 1 aliphatic rings. The van der Waals surface area contributed by atoms with Crippen LogP contribution < -0.4 is 4.74 Å². The van der Waals surface area contributed by atoms with E-state index in [9.17, 15) is 9.90 Å². The van der Waals surface area contributed by atoms with E-state index < -0.39 is 6.10 Å². The number of nitrogens with zero attached hydrogens (tertiary/aromatic N) is 1. The lowest BCUT2D eigenvalue weighted by molar-refractivity contribution is -0.145. The molecule has 0 aromatic heterocycles. The van der Waals surface area contributed by atoms with E-state index in [1.807, 2.05) is 36.4 Å². The average Bonchev–Trinajstić information content (AvgIpc) is 3.10. The van der Waals surface area contributed by atoms with Crippen molar-refractivity contribution in [3.05, 3.63) is 100 Å². The van der Waals surface area contributed by atoms with Crippen LogP contribution in [0.15, 0.2) is 72.8 Å². The third kappa shape index (κ3) is 8.47. The van der Waals surface area contributed by atoms with Gasteiger partial charge in [-0.05, 0) is 79.1 Å². The second-order valence-electron chi connectivity index (χ2n) is 9.26. The number of aryl methyl sites for hydroxylation is 1. The molecule has 5 nitrogen and oxygen atoms in total. The van der Waals surface area contributed by atoms with Crippen molar-refractivity contribution in [3.8, 4) is 5.75 Å². The van der Waals surface area contributed by atoms with Crippen LogP contribution in [0.3, 0.4) is 0 Å². The van der Waals surface area contributed by atoms with Crippen molar-refractivity contribution in [2.45, 2.75) is 51.3 Å². The van der Waals surface area contributed by atoms with Crippen LogP contribution >= 0.6 is 24.0 Å². The number of benzene rings is 3. The second kappa shape index (κ2) is 14.4. The highest BCUT2D eigenvalue weighted by Gasteiger charge is 2.26. The molecule has 0 unspecified atom stereocenters. The van der Waals surface area contributed by atoms with Crippen LogP contribution in [0, 0.1) is 0 Å². The lowest BCUT2D eigenvalue weighted by atomic mass is 9.99. The molecule has 0 amide bonds. The molecule has 0 saturated heterocycles. The van der Waals surface area contributed by atoms with E-state index in [1.165, 1.54) is 16.7 Å². The highest BCUT2D eigenvalue weighted by atomic mass is 35.5. The number of hydrogen-bond donors (Lipinski definition) is 1. The highest BCUT2D eigenvalue weighted by molar-refractivity contribution is 6.30. The highest BCUT2D eigenvalue weighted by Crippen LogP contribution is 2.29. The van der Waals surface area contributed by atoms with Gasteiger partial charge in [0.25, 0.3) is 0 Å². The molecule has 0 radical (unpaired) electrons. The lowest BCUT2D eigenvalue weighted by Crippen LogP contribution is -2.39. The van der Waals surface area contributed by atoms with Gasteiger partial charge in [0.05, 0.1) is 12.7 Å². The van der Waals surface area contributed by atoms with E-state index in [4.69, 9.17) is 21.1 Å². The van der Waals surface area contributed by atoms with E-state index in [0.29, 0.717) is 23.9 Å². The van der Waals surface area contributed by atoms with Gasteiger partial charge in [-0.1, -0.05) is 60.1 Å². The lowest BCUT2D eigenvalue weighted by Gasteiger charge is -2.33. The third-order valence-electron chi connectivity index (χ3n) is 6.66. The summed E-state index contributed by atoms with van der Waals surface area (Å²) in [5.41, 5.74) is 4.58. The summed E-state index contributed by atoms with van der Waals surface area (Å²) in [6.07, 6.45) is 3.30. The van der Waals surface area contributed by atoms with E-state index in [2.05, 4.69) is 41.3 Å². The van der Waals surface area contributed by atoms with E-state index in [0.717, 1.165) is 37.8 Å². The van der Waals surface area contributed by atoms with Crippen molar-refractivity contribution >= 4 is 30.0 Å². The van der Waals surface area contributed by atoms with E-state index in [-0.39, 0.29) is 31.0 Å². The number of aliphatic hydroxyl groups excluding tert-OH is 1. The van der Waals surface area contributed by atoms with Crippen molar-refractivity contribution in [1.29, 1.82) is 0 Å². The normalized spacial score (nSPS) is 15.7. The van der Waals surface area contributed by atoms with Gasteiger partial charge in [0, 0.05) is 24.2 Å². The fourth-order valence-corrected chi connectivity index (χ4v) is 5.07. The summed E-state index contributed by atoms with van der Waals surface area (Å²) in [5, 5.41) is 11.8. The Morgan fingerprint density at radius 3 is 2.65 bits per heavy atom. The van der Waals surface area contributed by atoms with Crippen molar-refractivity contribution in [2.24, 2.45) is 0 Å². The number of rotatable bonds is 10. The number of ether oxygens (including phenoxy) is 2. The van der Waals surface area contributed by atoms with Crippen molar-refractivity contribution in [3.63, 3.8) is 0 Å². The van der Waals surface area contributed by atoms with Gasteiger partial charge in [0.1, 0.15) is 5.75 Å². The quantitative estimate of drug-likeness (QED) is 0.244. The minimum atomic E-state index is -0.644. The molecular weight excluding hydrogens is 509 g/mol. The van der Waals surface area contributed by atoms with E-state index >= 15 is 0 Å². The minimum Gasteiger partial charge on any atom is -0.482 e. The first-order chi connectivity index (χ1) is 17.5. The van der Waals surface area contributed by atoms with Crippen LogP contribution in [0.2, 0.25) is 5.02 Å². The zero-order chi connectivity index (χ0) is 25.3. The van der Waals surface area contributed by atoms with Crippen LogP contribution in [-0.2, 0) is 28.9 Å². The molecule has 0 heterocycles. The Morgan fingerprint density at radius 2 is 1.89 bits per heavy atom. The molecule has 3 aromatic rings. The fourth-order valence-electron chi connectivity index (χ4n) is 4.87. The topological polar surface area (TPSA) is 59.0 Å². The van der Waals surface area contributed by atoms with Crippen LogP contribution in [0.1, 0.15) is 48.1 Å². The summed E-state index contributed by atoms with van der Waals surface area (Å²) in [5.74, 6) is 0.311. The van der Waals surface area contributed by atoms with Crippen molar-refractivity contribution < 1.29 is 19.4 Å². The number of esters is 1. The first-order valence-corrected chi connectivity index (χ1v) is 13.0. The maximum absolute atomic E-state index is 11.7. The Bertz CT molecular complexity index is 1140. The predicted molar refractivity (Wildman–Crippen MR) is 150 cm³/mol. The Labute approximate surface area is 230 Å². The molecule has 1 aliphatic carbocycles. The van der Waals surface area contributed by atoms with Crippen molar-refractivity contribution in [2.75, 3.05) is 19.8 Å². The summed E-state index contributed by atoms with van der Waals surface area (Å²) < 4.78 is 10.7. The number of fused-ring (bicyclic) bond motifs is 1. The SMILES string of the molecule is CCOC(=O)COc1ccc2c(c1)C[C@@H](N(Cc1ccccc1)C[C@H](O)c1cccc(Cl)c1)CCC2.Cl. The summed E-state index contributed by atoms with van der Waals surface area (Å²) >= 11 is 6.19. The number of halogens is 2. The van der Waals surface area contributed by atoms with Crippen LogP contribution in [0.5, 0.6) is 5.75 Å². The maximum Gasteiger partial charge on any atom is 0.344 e. The molecule has 1 N–H and O–H groups in total. The predicted octanol–water partition coefficient (Wildman–Crippen LogP) is 6.19. The third-order valence-corrected chi connectivity index (χ3v) is 6.90. The van der Waals surface area contributed by atoms with E-state index in [1.54, 1.807) is 6.92 Å². The van der Waals surface area contributed by atoms with Gasteiger partial charge in [-0.2, -0.15) is 0 Å². The van der Waals surface area contributed by atoms with Crippen molar-refractivity contribution in [1.82, 2.24) is 4.90 Å². The first kappa shape index (κ1) is 29.0. The van der Waals surface area contributed by atoms with Crippen LogP contribution in [-0.4, -0.2) is 41.8 Å². The molecule has 198 valence electrons.